The molecule has 2 amide bonds. The molecule has 0 radical (unpaired) electrons. The Morgan fingerprint density at radius 1 is 1.55 bits per heavy atom. The van der Waals surface area contributed by atoms with Crippen LogP contribution in [0.25, 0.3) is 0 Å². The predicted molar refractivity (Wildman–Crippen MR) is 73.7 cm³/mol. The van der Waals surface area contributed by atoms with Crippen molar-refractivity contribution in [1.29, 1.82) is 5.26 Å². The zero-order chi connectivity index (χ0) is 15.2. The molecule has 0 fully saturated rings. The molecule has 0 aliphatic carbocycles. The van der Waals surface area contributed by atoms with Crippen molar-refractivity contribution in [3.05, 3.63) is 29.6 Å². The molecule has 1 aromatic carbocycles. The zero-order valence-corrected chi connectivity index (χ0v) is 11.5. The third-order valence-electron chi connectivity index (χ3n) is 3.20. The number of carbonyl (C=O) groups is 1. The summed E-state index contributed by atoms with van der Waals surface area (Å²) >= 11 is 0. The first-order chi connectivity index (χ1) is 9.44. The Morgan fingerprint density at radius 3 is 2.80 bits per heavy atom. The van der Waals surface area contributed by atoms with Crippen molar-refractivity contribution < 1.29 is 14.3 Å². The van der Waals surface area contributed by atoms with Crippen LogP contribution in [0, 0.1) is 17.1 Å². The molecule has 0 heterocycles. The fraction of sp³-hybridized carbons (Fsp3) is 0.429. The molecule has 108 valence electrons. The zero-order valence-electron chi connectivity index (χ0n) is 11.5. The topological polar surface area (TPSA) is 85.2 Å². The molecule has 1 rings (SSSR count). The van der Waals surface area contributed by atoms with E-state index in [1.807, 2.05) is 13.8 Å². The lowest BCUT2D eigenvalue weighted by Crippen LogP contribution is -2.48. The average molecular weight is 279 g/mol. The van der Waals surface area contributed by atoms with Gasteiger partial charge in [0.05, 0.1) is 5.56 Å². The van der Waals surface area contributed by atoms with Gasteiger partial charge in [-0.15, -0.1) is 0 Å². The van der Waals surface area contributed by atoms with Crippen LogP contribution >= 0.6 is 0 Å². The average Bonchev–Trinajstić information content (AvgIpc) is 2.41. The van der Waals surface area contributed by atoms with E-state index in [2.05, 4.69) is 10.6 Å². The van der Waals surface area contributed by atoms with Crippen LogP contribution in [-0.2, 0) is 0 Å². The smallest absolute Gasteiger partial charge is 0.319 e. The number of halogens is 1. The summed E-state index contributed by atoms with van der Waals surface area (Å²) in [5.74, 6) is -0.628. The number of aliphatic hydroxyl groups excluding tert-OH is 1. The van der Waals surface area contributed by atoms with Crippen molar-refractivity contribution in [2.45, 2.75) is 32.2 Å². The van der Waals surface area contributed by atoms with Gasteiger partial charge in [-0.25, -0.2) is 9.18 Å². The third-order valence-corrected chi connectivity index (χ3v) is 3.20. The number of hydrogen-bond acceptors (Lipinski definition) is 3. The van der Waals surface area contributed by atoms with E-state index in [1.54, 1.807) is 6.07 Å². The number of urea groups is 1. The summed E-state index contributed by atoms with van der Waals surface area (Å²) in [6.07, 6.45) is 1.09. The van der Waals surface area contributed by atoms with Crippen LogP contribution in [0.4, 0.5) is 14.9 Å². The molecule has 3 N–H and O–H groups in total. The lowest BCUT2D eigenvalue weighted by Gasteiger charge is -2.29. The Kier molecular flexibility index (Phi) is 5.47. The monoisotopic (exact) mass is 279 g/mol. The van der Waals surface area contributed by atoms with Gasteiger partial charge in [0.15, 0.2) is 0 Å². The van der Waals surface area contributed by atoms with Crippen LogP contribution in [0.3, 0.4) is 0 Å². The molecule has 5 nitrogen and oxygen atoms in total. The van der Waals surface area contributed by atoms with Crippen molar-refractivity contribution in [3.63, 3.8) is 0 Å². The lowest BCUT2D eigenvalue weighted by molar-refractivity contribution is 0.208. The van der Waals surface area contributed by atoms with Crippen molar-refractivity contribution in [2.24, 2.45) is 0 Å². The van der Waals surface area contributed by atoms with Gasteiger partial charge in [-0.3, -0.25) is 0 Å². The van der Waals surface area contributed by atoms with Crippen molar-refractivity contribution in [3.8, 4) is 6.07 Å². The molecular formula is C14H18FN3O2. The molecule has 0 bridgehead atoms. The van der Waals surface area contributed by atoms with Crippen LogP contribution in [0.2, 0.25) is 0 Å². The van der Waals surface area contributed by atoms with Crippen LogP contribution < -0.4 is 10.6 Å². The Morgan fingerprint density at radius 2 is 2.25 bits per heavy atom. The highest BCUT2D eigenvalue weighted by atomic mass is 19.1. The fourth-order valence-corrected chi connectivity index (χ4v) is 1.70. The summed E-state index contributed by atoms with van der Waals surface area (Å²) in [4.78, 5) is 11.9. The molecule has 0 saturated carbocycles. The Bertz CT molecular complexity index is 528. The number of rotatable bonds is 5. The summed E-state index contributed by atoms with van der Waals surface area (Å²) in [6, 6.07) is 5.02. The largest absolute Gasteiger partial charge is 0.396 e. The maximum atomic E-state index is 13.2. The van der Waals surface area contributed by atoms with Crippen molar-refractivity contribution in [2.75, 3.05) is 11.9 Å². The van der Waals surface area contributed by atoms with Gasteiger partial charge < -0.3 is 15.7 Å². The second kappa shape index (κ2) is 6.87. The first-order valence-corrected chi connectivity index (χ1v) is 6.34. The number of carbonyl (C=O) groups excluding carboxylic acids is 1. The Balaban J connectivity index is 2.74. The van der Waals surface area contributed by atoms with E-state index in [1.165, 1.54) is 12.1 Å². The highest BCUT2D eigenvalue weighted by molar-refractivity contribution is 5.89. The number of amides is 2. The van der Waals surface area contributed by atoms with Gasteiger partial charge in [0.25, 0.3) is 0 Å². The first-order valence-electron chi connectivity index (χ1n) is 6.34. The lowest BCUT2D eigenvalue weighted by atomic mass is 9.95. The quantitative estimate of drug-likeness (QED) is 0.773. The summed E-state index contributed by atoms with van der Waals surface area (Å²) in [5.41, 5.74) is -0.309. The van der Waals surface area contributed by atoms with E-state index in [-0.39, 0.29) is 12.2 Å². The van der Waals surface area contributed by atoms with Crippen LogP contribution in [-0.4, -0.2) is 23.3 Å². The minimum atomic E-state index is -0.628. The van der Waals surface area contributed by atoms with Crippen LogP contribution in [0.5, 0.6) is 0 Å². The number of nitrogens with one attached hydrogen (secondary N) is 2. The molecule has 6 heteroatoms. The predicted octanol–water partition coefficient (Wildman–Crippen LogP) is 2.37. The molecule has 1 atom stereocenters. The van der Waals surface area contributed by atoms with Gasteiger partial charge in [-0.2, -0.15) is 5.26 Å². The highest BCUT2D eigenvalue weighted by Crippen LogP contribution is 2.16. The maximum absolute atomic E-state index is 13.2. The summed E-state index contributed by atoms with van der Waals surface area (Å²) in [6.45, 7) is 3.70. The normalized spacial score (nSPS) is 13.2. The first kappa shape index (κ1) is 15.9. The molecule has 1 aromatic rings. The van der Waals surface area contributed by atoms with E-state index >= 15 is 0 Å². The van der Waals surface area contributed by atoms with Gasteiger partial charge in [-0.1, -0.05) is 6.92 Å². The highest BCUT2D eigenvalue weighted by Gasteiger charge is 2.23. The van der Waals surface area contributed by atoms with Crippen molar-refractivity contribution >= 4 is 11.7 Å². The number of hydrogen-bond donors (Lipinski definition) is 3. The minimum Gasteiger partial charge on any atom is -0.396 e. The van der Waals surface area contributed by atoms with Crippen molar-refractivity contribution in [1.82, 2.24) is 5.32 Å². The van der Waals surface area contributed by atoms with Gasteiger partial charge >= 0.3 is 6.03 Å². The number of benzene rings is 1. The number of aliphatic hydroxyl groups is 1. The third kappa shape index (κ3) is 4.21. The van der Waals surface area contributed by atoms with E-state index in [9.17, 15) is 9.18 Å². The summed E-state index contributed by atoms with van der Waals surface area (Å²) in [5, 5.41) is 23.0. The van der Waals surface area contributed by atoms with Gasteiger partial charge in [0, 0.05) is 17.8 Å². The molecule has 0 spiro atoms. The van der Waals surface area contributed by atoms with Gasteiger partial charge in [0.1, 0.15) is 11.9 Å². The van der Waals surface area contributed by atoms with Gasteiger partial charge in [0.2, 0.25) is 0 Å². The molecule has 0 aliphatic rings. The molecule has 0 aliphatic heterocycles. The van der Waals surface area contributed by atoms with E-state index in [0.29, 0.717) is 18.5 Å². The van der Waals surface area contributed by atoms with Crippen LogP contribution in [0.1, 0.15) is 32.3 Å². The minimum absolute atomic E-state index is 0.0280. The van der Waals surface area contributed by atoms with E-state index in [4.69, 9.17) is 10.4 Å². The second-order valence-electron chi connectivity index (χ2n) is 4.77. The number of nitrogens with zero attached hydrogens (tertiary/aromatic N) is 1. The van der Waals surface area contributed by atoms with E-state index in [0.717, 1.165) is 6.07 Å². The molecule has 0 saturated heterocycles. The molecule has 1 unspecified atom stereocenters. The number of anilines is 1. The second-order valence-corrected chi connectivity index (χ2v) is 4.77. The van der Waals surface area contributed by atoms with Crippen LogP contribution in [0.15, 0.2) is 18.2 Å². The van der Waals surface area contributed by atoms with Gasteiger partial charge in [-0.05, 0) is 38.0 Å². The molecule has 20 heavy (non-hydrogen) atoms. The summed E-state index contributed by atoms with van der Waals surface area (Å²) < 4.78 is 13.2. The van der Waals surface area contributed by atoms with E-state index < -0.39 is 17.4 Å². The Hall–Kier alpha value is -2.13. The SMILES string of the molecule is CCC(C)(CCO)NC(=O)Nc1ccc(F)c(C#N)c1. The maximum Gasteiger partial charge on any atom is 0.319 e. The molecule has 0 aromatic heterocycles. The Labute approximate surface area is 117 Å². The standard InChI is InChI=1S/C14H18FN3O2/c1-3-14(2,6-7-19)18-13(20)17-11-4-5-12(15)10(8-11)9-16/h4-5,8,19H,3,6-7H2,1-2H3,(H2,17,18,20). The molecular weight excluding hydrogens is 261 g/mol. The summed E-state index contributed by atoms with van der Waals surface area (Å²) in [7, 11) is 0. The number of nitriles is 1. The fourth-order valence-electron chi connectivity index (χ4n) is 1.70.